The average Bonchev–Trinajstić information content (AvgIpc) is 3.22. The van der Waals surface area contributed by atoms with Crippen LogP contribution in [0.4, 0.5) is 0 Å². The number of allylic oxidation sites excluding steroid dienone is 1. The van der Waals surface area contributed by atoms with Gasteiger partial charge in [0.05, 0.1) is 23.2 Å². The number of nitrogens with one attached hydrogen (secondary N) is 1. The molecule has 0 unspecified atom stereocenters. The number of nitrogens with zero attached hydrogens (tertiary/aromatic N) is 3. The van der Waals surface area contributed by atoms with E-state index in [1.165, 1.54) is 0 Å². The van der Waals surface area contributed by atoms with Gasteiger partial charge in [-0.15, -0.1) is 6.58 Å². The van der Waals surface area contributed by atoms with Gasteiger partial charge < -0.3 is 14.6 Å². The summed E-state index contributed by atoms with van der Waals surface area (Å²) >= 11 is 0. The lowest BCUT2D eigenvalue weighted by Crippen LogP contribution is -2.26. The van der Waals surface area contributed by atoms with Crippen LogP contribution in [0.5, 0.6) is 5.75 Å². The Kier molecular flexibility index (Phi) is 8.06. The molecule has 4 aromatic rings. The summed E-state index contributed by atoms with van der Waals surface area (Å²) in [6.07, 6.45) is 8.49. The number of ether oxygens (including phenoxy) is 1. The zero-order valence-corrected chi connectivity index (χ0v) is 19.3. The molecule has 0 aliphatic heterocycles. The van der Waals surface area contributed by atoms with Crippen LogP contribution in [0.1, 0.15) is 34.6 Å². The van der Waals surface area contributed by atoms with Gasteiger partial charge in [0, 0.05) is 31.9 Å². The Morgan fingerprint density at radius 1 is 1.06 bits per heavy atom. The monoisotopic (exact) mass is 454 g/mol. The van der Waals surface area contributed by atoms with E-state index in [9.17, 15) is 4.79 Å². The van der Waals surface area contributed by atoms with Crippen LogP contribution >= 0.6 is 0 Å². The minimum Gasteiger partial charge on any atom is -0.493 e. The number of pyridine rings is 1. The fourth-order valence-electron chi connectivity index (χ4n) is 3.98. The van der Waals surface area contributed by atoms with E-state index in [-0.39, 0.29) is 5.91 Å². The molecule has 0 saturated heterocycles. The van der Waals surface area contributed by atoms with Gasteiger partial charge in [-0.05, 0) is 55.2 Å². The summed E-state index contributed by atoms with van der Waals surface area (Å²) in [6.45, 7) is 5.85. The number of unbranched alkanes of at least 4 members (excludes halogenated alkanes) is 1. The smallest absolute Gasteiger partial charge is 0.252 e. The molecule has 6 heteroatoms. The molecule has 174 valence electrons. The summed E-state index contributed by atoms with van der Waals surface area (Å²) in [6, 6.07) is 19.8. The maximum absolute atomic E-state index is 12.3. The zero-order valence-electron chi connectivity index (χ0n) is 19.3. The first-order valence-corrected chi connectivity index (χ1v) is 11.7. The van der Waals surface area contributed by atoms with E-state index in [4.69, 9.17) is 9.72 Å². The van der Waals surface area contributed by atoms with Crippen molar-refractivity contribution in [1.82, 2.24) is 19.9 Å². The Bertz CT molecular complexity index is 1230. The van der Waals surface area contributed by atoms with Crippen molar-refractivity contribution in [1.29, 1.82) is 0 Å². The number of para-hydroxylation sites is 3. The van der Waals surface area contributed by atoms with Crippen molar-refractivity contribution >= 4 is 16.9 Å². The highest BCUT2D eigenvalue weighted by Crippen LogP contribution is 2.20. The van der Waals surface area contributed by atoms with Crippen molar-refractivity contribution in [2.75, 3.05) is 13.2 Å². The summed E-state index contributed by atoms with van der Waals surface area (Å²) < 4.78 is 8.30. The van der Waals surface area contributed by atoms with Crippen molar-refractivity contribution in [2.24, 2.45) is 0 Å². The Balaban J connectivity index is 1.33. The number of rotatable bonds is 12. The van der Waals surface area contributed by atoms with Crippen molar-refractivity contribution in [3.05, 3.63) is 103 Å². The lowest BCUT2D eigenvalue weighted by molar-refractivity contribution is 0.0953. The molecule has 0 atom stereocenters. The number of benzene rings is 2. The normalized spacial score (nSPS) is 10.8. The van der Waals surface area contributed by atoms with E-state index >= 15 is 0 Å². The van der Waals surface area contributed by atoms with Crippen LogP contribution in [-0.4, -0.2) is 33.6 Å². The number of hydrogen-bond acceptors (Lipinski definition) is 4. The highest BCUT2D eigenvalue weighted by atomic mass is 16.5. The summed E-state index contributed by atoms with van der Waals surface area (Å²) in [5, 5.41) is 2.97. The van der Waals surface area contributed by atoms with Gasteiger partial charge in [-0.2, -0.15) is 0 Å². The van der Waals surface area contributed by atoms with Crippen LogP contribution in [-0.2, 0) is 19.4 Å². The SMILES string of the molecule is C=CCc1ccccc1OCCCCn1c(CCNC(=O)c2cccnc2)nc2ccccc21. The Hall–Kier alpha value is -3.93. The quantitative estimate of drug-likeness (QED) is 0.242. The van der Waals surface area contributed by atoms with Gasteiger partial charge in [-0.25, -0.2) is 4.98 Å². The molecule has 0 radical (unpaired) electrons. The number of imidazole rings is 1. The topological polar surface area (TPSA) is 69.0 Å². The predicted molar refractivity (Wildman–Crippen MR) is 135 cm³/mol. The third-order valence-electron chi connectivity index (χ3n) is 5.66. The third kappa shape index (κ3) is 5.90. The number of amides is 1. The van der Waals surface area contributed by atoms with Crippen LogP contribution in [0.15, 0.2) is 85.7 Å². The van der Waals surface area contributed by atoms with Crippen LogP contribution in [0, 0.1) is 0 Å². The summed E-state index contributed by atoms with van der Waals surface area (Å²) in [5.74, 6) is 1.79. The molecular formula is C28H30N4O2. The number of aryl methyl sites for hydroxylation is 1. The lowest BCUT2D eigenvalue weighted by Gasteiger charge is -2.12. The van der Waals surface area contributed by atoms with Gasteiger partial charge in [0.1, 0.15) is 11.6 Å². The number of carbonyl (C=O) groups is 1. The van der Waals surface area contributed by atoms with E-state index in [0.717, 1.165) is 54.0 Å². The lowest BCUT2D eigenvalue weighted by atomic mass is 10.1. The van der Waals surface area contributed by atoms with E-state index < -0.39 is 0 Å². The first-order chi connectivity index (χ1) is 16.8. The summed E-state index contributed by atoms with van der Waals surface area (Å²) in [7, 11) is 0. The van der Waals surface area contributed by atoms with Gasteiger partial charge in [-0.1, -0.05) is 36.4 Å². The first-order valence-electron chi connectivity index (χ1n) is 11.7. The second-order valence-electron chi connectivity index (χ2n) is 8.07. The Morgan fingerprint density at radius 2 is 1.91 bits per heavy atom. The van der Waals surface area contributed by atoms with Crippen molar-refractivity contribution in [2.45, 2.75) is 32.2 Å². The maximum Gasteiger partial charge on any atom is 0.252 e. The van der Waals surface area contributed by atoms with Gasteiger partial charge in [0.2, 0.25) is 0 Å². The first kappa shape index (κ1) is 23.2. The molecule has 0 bridgehead atoms. The summed E-state index contributed by atoms with van der Waals surface area (Å²) in [4.78, 5) is 21.1. The molecule has 0 aliphatic carbocycles. The van der Waals surface area contributed by atoms with E-state index in [1.807, 2.05) is 42.5 Å². The van der Waals surface area contributed by atoms with E-state index in [2.05, 4.69) is 33.6 Å². The molecule has 2 heterocycles. The predicted octanol–water partition coefficient (Wildman–Crippen LogP) is 4.99. The number of carbonyl (C=O) groups excluding carboxylic acids is 1. The molecule has 6 nitrogen and oxygen atoms in total. The van der Waals surface area contributed by atoms with Gasteiger partial charge in [0.25, 0.3) is 5.91 Å². The fourth-order valence-corrected chi connectivity index (χ4v) is 3.98. The van der Waals surface area contributed by atoms with Gasteiger partial charge >= 0.3 is 0 Å². The zero-order chi connectivity index (χ0) is 23.6. The van der Waals surface area contributed by atoms with Crippen LogP contribution in [0.3, 0.4) is 0 Å². The molecule has 34 heavy (non-hydrogen) atoms. The fraction of sp³-hybridized carbons (Fsp3) is 0.250. The molecule has 1 amide bonds. The van der Waals surface area contributed by atoms with Crippen molar-refractivity contribution in [3.63, 3.8) is 0 Å². The van der Waals surface area contributed by atoms with E-state index in [1.54, 1.807) is 24.5 Å². The largest absolute Gasteiger partial charge is 0.493 e. The van der Waals surface area contributed by atoms with Crippen LogP contribution in [0.25, 0.3) is 11.0 Å². The molecule has 0 fully saturated rings. The molecule has 0 spiro atoms. The van der Waals surface area contributed by atoms with Crippen molar-refractivity contribution in [3.8, 4) is 5.75 Å². The van der Waals surface area contributed by atoms with Gasteiger partial charge in [-0.3, -0.25) is 9.78 Å². The molecule has 0 aliphatic rings. The third-order valence-corrected chi connectivity index (χ3v) is 5.66. The van der Waals surface area contributed by atoms with Crippen LogP contribution < -0.4 is 10.1 Å². The van der Waals surface area contributed by atoms with Gasteiger partial charge in [0.15, 0.2) is 0 Å². The standard InChI is InChI=1S/C28H30N4O2/c1-2-10-22-11-3-6-15-26(22)34-20-8-7-19-32-25-14-5-4-13-24(25)31-27(32)16-18-30-28(33)23-12-9-17-29-21-23/h2-6,9,11-15,17,21H,1,7-8,10,16,18-20H2,(H,30,33). The molecule has 1 N–H and O–H groups in total. The van der Waals surface area contributed by atoms with E-state index in [0.29, 0.717) is 25.1 Å². The highest BCUT2D eigenvalue weighted by molar-refractivity contribution is 5.93. The molecular weight excluding hydrogens is 424 g/mol. The summed E-state index contributed by atoms with van der Waals surface area (Å²) in [5.41, 5.74) is 3.82. The number of fused-ring (bicyclic) bond motifs is 1. The minimum absolute atomic E-state index is 0.121. The van der Waals surface area contributed by atoms with Crippen molar-refractivity contribution < 1.29 is 9.53 Å². The average molecular weight is 455 g/mol. The molecule has 0 saturated carbocycles. The Morgan fingerprint density at radius 3 is 2.76 bits per heavy atom. The number of aromatic nitrogens is 3. The minimum atomic E-state index is -0.121. The molecule has 4 rings (SSSR count). The van der Waals surface area contributed by atoms with Crippen LogP contribution in [0.2, 0.25) is 0 Å². The highest BCUT2D eigenvalue weighted by Gasteiger charge is 2.11. The Labute approximate surface area is 200 Å². The number of hydrogen-bond donors (Lipinski definition) is 1. The maximum atomic E-state index is 12.3. The second kappa shape index (κ2) is 11.8. The molecule has 2 aromatic heterocycles. The second-order valence-corrected chi connectivity index (χ2v) is 8.07. The molecule has 2 aromatic carbocycles.